The molecule has 3 N–H and O–H groups in total. The molecule has 1 rings (SSSR count). The summed E-state index contributed by atoms with van der Waals surface area (Å²) >= 11 is 0. The second-order valence-corrected chi connectivity index (χ2v) is 3.74. The van der Waals surface area contributed by atoms with Gasteiger partial charge in [-0.1, -0.05) is 0 Å². The van der Waals surface area contributed by atoms with Gasteiger partial charge in [0.2, 0.25) is 11.8 Å². The summed E-state index contributed by atoms with van der Waals surface area (Å²) in [5.74, 6) is -7.64. The number of hydrogen-bond donors (Lipinski definition) is 2. The smallest absolute Gasteiger partial charge is 0.396 e. The molecule has 0 bridgehead atoms. The molecule has 0 aromatic heterocycles. The van der Waals surface area contributed by atoms with Crippen molar-refractivity contribution in [3.8, 4) is 0 Å². The molecule has 0 unspecified atom stereocenters. The van der Waals surface area contributed by atoms with E-state index in [2.05, 4.69) is 0 Å². The van der Waals surface area contributed by atoms with Crippen LogP contribution in [0.5, 0.6) is 0 Å². The summed E-state index contributed by atoms with van der Waals surface area (Å²) in [6.07, 6.45) is -11.6. The topological polar surface area (TPSA) is 55.1 Å². The highest BCUT2D eigenvalue weighted by Gasteiger charge is 2.61. The van der Waals surface area contributed by atoms with Crippen molar-refractivity contribution in [2.24, 2.45) is 5.92 Å². The zero-order valence-electron chi connectivity index (χ0n) is 9.44. The average molecular weight is 304 g/mol. The molecule has 3 nitrogen and oxygen atoms in total. The van der Waals surface area contributed by atoms with Gasteiger partial charge in [-0.2, -0.15) is 26.3 Å². The number of nitrogen functional groups attached to an aromatic ring is 1. The number of nitrogens with two attached hydrogens (primary N) is 1. The number of anilines is 2. The van der Waals surface area contributed by atoms with Crippen LogP contribution in [0, 0.1) is 11.7 Å². The van der Waals surface area contributed by atoms with Gasteiger partial charge in [-0.3, -0.25) is 4.79 Å². The van der Waals surface area contributed by atoms with Gasteiger partial charge in [-0.25, -0.2) is 4.39 Å². The van der Waals surface area contributed by atoms with Gasteiger partial charge in [0, 0.05) is 5.69 Å². The van der Waals surface area contributed by atoms with Crippen molar-refractivity contribution in [3.63, 3.8) is 0 Å². The van der Waals surface area contributed by atoms with E-state index in [4.69, 9.17) is 5.73 Å². The summed E-state index contributed by atoms with van der Waals surface area (Å²) in [7, 11) is 0. The Kier molecular flexibility index (Phi) is 4.15. The van der Waals surface area contributed by atoms with E-state index in [-0.39, 0.29) is 5.69 Å². The van der Waals surface area contributed by atoms with Crippen LogP contribution in [-0.2, 0) is 4.79 Å². The molecule has 0 radical (unpaired) electrons. The third-order valence-electron chi connectivity index (χ3n) is 2.18. The predicted octanol–water partition coefficient (Wildman–Crippen LogP) is 3.09. The monoisotopic (exact) mass is 304 g/mol. The number of hydrogen-bond acceptors (Lipinski definition) is 2. The number of amides is 1. The minimum atomic E-state index is -5.81. The number of rotatable bonds is 2. The van der Waals surface area contributed by atoms with E-state index >= 15 is 0 Å². The minimum absolute atomic E-state index is 0.369. The molecule has 0 heterocycles. The molecular weight excluding hydrogens is 297 g/mol. The van der Waals surface area contributed by atoms with Crippen molar-refractivity contribution in [3.05, 3.63) is 24.0 Å². The second kappa shape index (κ2) is 5.17. The summed E-state index contributed by atoms with van der Waals surface area (Å²) in [4.78, 5) is 11.1. The molecule has 0 aliphatic rings. The SMILES string of the molecule is Nc1ccc(NC(=O)C(C(F)(F)F)C(F)(F)F)cc1F. The van der Waals surface area contributed by atoms with Gasteiger partial charge in [-0.15, -0.1) is 0 Å². The summed E-state index contributed by atoms with van der Waals surface area (Å²) in [5.41, 5.74) is 4.13. The van der Waals surface area contributed by atoms with Crippen LogP contribution in [0.2, 0.25) is 0 Å². The Hall–Kier alpha value is -2.00. The zero-order chi connectivity index (χ0) is 15.7. The molecule has 10 heteroatoms. The van der Waals surface area contributed by atoms with Crippen LogP contribution < -0.4 is 11.1 Å². The van der Waals surface area contributed by atoms with E-state index in [1.165, 1.54) is 5.32 Å². The van der Waals surface area contributed by atoms with Gasteiger partial charge in [0.1, 0.15) is 5.82 Å². The van der Waals surface area contributed by atoms with E-state index in [0.717, 1.165) is 12.1 Å². The van der Waals surface area contributed by atoms with E-state index < -0.39 is 35.7 Å². The Morgan fingerprint density at radius 2 is 1.60 bits per heavy atom. The van der Waals surface area contributed by atoms with Crippen molar-refractivity contribution in [1.82, 2.24) is 0 Å². The summed E-state index contributed by atoms with van der Waals surface area (Å²) in [6, 6.07) is 2.28. The van der Waals surface area contributed by atoms with E-state index in [0.29, 0.717) is 6.07 Å². The highest BCUT2D eigenvalue weighted by atomic mass is 19.4. The molecule has 1 aromatic carbocycles. The minimum Gasteiger partial charge on any atom is -0.396 e. The molecule has 0 saturated heterocycles. The fourth-order valence-corrected chi connectivity index (χ4v) is 1.30. The molecule has 1 amide bonds. The van der Waals surface area contributed by atoms with Crippen molar-refractivity contribution in [1.29, 1.82) is 0 Å². The van der Waals surface area contributed by atoms with Crippen LogP contribution in [0.1, 0.15) is 0 Å². The van der Waals surface area contributed by atoms with E-state index in [9.17, 15) is 35.5 Å². The first-order chi connectivity index (χ1) is 8.93. The Morgan fingerprint density at radius 3 is 2.00 bits per heavy atom. The third-order valence-corrected chi connectivity index (χ3v) is 2.18. The number of carbonyl (C=O) groups is 1. The zero-order valence-corrected chi connectivity index (χ0v) is 9.44. The van der Waals surface area contributed by atoms with Gasteiger partial charge in [0.05, 0.1) is 5.69 Å². The maximum absolute atomic E-state index is 13.0. The quantitative estimate of drug-likeness (QED) is 0.651. The fourth-order valence-electron chi connectivity index (χ4n) is 1.30. The standard InChI is InChI=1S/C10H7F7N2O/c11-5-3-4(1-2-6(5)18)19-8(20)7(9(12,13)14)10(15,16)17/h1-3,7H,18H2,(H,19,20). The predicted molar refractivity (Wildman–Crippen MR) is 55.0 cm³/mol. The molecule has 0 fully saturated rings. The first-order valence-corrected chi connectivity index (χ1v) is 4.92. The lowest BCUT2D eigenvalue weighted by molar-refractivity contribution is -0.272. The average Bonchev–Trinajstić information content (AvgIpc) is 2.18. The molecule has 112 valence electrons. The normalized spacial score (nSPS) is 12.6. The molecule has 0 spiro atoms. The van der Waals surface area contributed by atoms with Crippen molar-refractivity contribution in [2.75, 3.05) is 11.1 Å². The Morgan fingerprint density at radius 1 is 1.10 bits per heavy atom. The van der Waals surface area contributed by atoms with Crippen molar-refractivity contribution >= 4 is 17.3 Å². The molecule has 0 atom stereocenters. The van der Waals surface area contributed by atoms with Gasteiger partial charge >= 0.3 is 12.4 Å². The summed E-state index contributed by atoms with van der Waals surface area (Å²) in [6.45, 7) is 0. The lowest BCUT2D eigenvalue weighted by atomic mass is 10.1. The van der Waals surface area contributed by atoms with Crippen LogP contribution in [0.25, 0.3) is 0 Å². The van der Waals surface area contributed by atoms with Crippen LogP contribution in [-0.4, -0.2) is 18.3 Å². The lowest BCUT2D eigenvalue weighted by Gasteiger charge is -2.22. The molecule has 0 aliphatic heterocycles. The molecular formula is C10H7F7N2O. The summed E-state index contributed by atoms with van der Waals surface area (Å²) < 4.78 is 86.4. The number of benzene rings is 1. The fraction of sp³-hybridized carbons (Fsp3) is 0.300. The van der Waals surface area contributed by atoms with Crippen molar-refractivity contribution in [2.45, 2.75) is 12.4 Å². The Bertz CT molecular complexity index is 495. The first-order valence-electron chi connectivity index (χ1n) is 4.92. The van der Waals surface area contributed by atoms with Crippen LogP contribution >= 0.6 is 0 Å². The third kappa shape index (κ3) is 3.75. The lowest BCUT2D eigenvalue weighted by Crippen LogP contribution is -2.45. The molecule has 1 aromatic rings. The van der Waals surface area contributed by atoms with Crippen LogP contribution in [0.4, 0.5) is 42.1 Å². The Labute approximate surface area is 107 Å². The van der Waals surface area contributed by atoms with Gasteiger partial charge in [-0.05, 0) is 18.2 Å². The van der Waals surface area contributed by atoms with Gasteiger partial charge in [0.25, 0.3) is 0 Å². The van der Waals surface area contributed by atoms with Gasteiger partial charge in [0.15, 0.2) is 0 Å². The maximum atomic E-state index is 13.0. The molecule has 0 aliphatic carbocycles. The maximum Gasteiger partial charge on any atom is 0.409 e. The number of nitrogens with one attached hydrogen (secondary N) is 1. The van der Waals surface area contributed by atoms with Gasteiger partial charge < -0.3 is 11.1 Å². The Balaban J connectivity index is 3.00. The van der Waals surface area contributed by atoms with Crippen LogP contribution in [0.15, 0.2) is 18.2 Å². The highest BCUT2D eigenvalue weighted by Crippen LogP contribution is 2.39. The van der Waals surface area contributed by atoms with Crippen LogP contribution in [0.3, 0.4) is 0 Å². The summed E-state index contributed by atoms with van der Waals surface area (Å²) in [5, 5.41) is 1.35. The largest absolute Gasteiger partial charge is 0.409 e. The molecule has 20 heavy (non-hydrogen) atoms. The number of carbonyl (C=O) groups excluding carboxylic acids is 1. The van der Waals surface area contributed by atoms with E-state index in [1.54, 1.807) is 0 Å². The van der Waals surface area contributed by atoms with E-state index in [1.807, 2.05) is 0 Å². The first kappa shape index (κ1) is 16.1. The number of halogens is 7. The number of alkyl halides is 6. The van der Waals surface area contributed by atoms with Crippen molar-refractivity contribution < 1.29 is 35.5 Å². The molecule has 0 saturated carbocycles. The highest BCUT2D eigenvalue weighted by molar-refractivity contribution is 5.93. The second-order valence-electron chi connectivity index (χ2n) is 3.74.